The number of para-hydroxylation sites is 1. The number of anilines is 1. The molecule has 1 rings (SSSR count). The molecule has 0 bridgehead atoms. The maximum absolute atomic E-state index is 10.8. The van der Waals surface area contributed by atoms with Gasteiger partial charge in [-0.3, -0.25) is 4.72 Å². The van der Waals surface area contributed by atoms with Gasteiger partial charge in [0.15, 0.2) is 0 Å². The highest BCUT2D eigenvalue weighted by Gasteiger charge is 2.10. The summed E-state index contributed by atoms with van der Waals surface area (Å²) in [6.07, 6.45) is 0. The van der Waals surface area contributed by atoms with Crippen LogP contribution in [-0.4, -0.2) is 8.42 Å². The van der Waals surface area contributed by atoms with E-state index >= 15 is 0 Å². The monoisotopic (exact) mass is 233 g/mol. The van der Waals surface area contributed by atoms with E-state index in [9.17, 15) is 8.42 Å². The molecule has 0 aliphatic heterocycles. The van der Waals surface area contributed by atoms with Crippen LogP contribution in [0.15, 0.2) is 24.3 Å². The Hall–Kier alpha value is -0.740. The van der Waals surface area contributed by atoms with Gasteiger partial charge in [-0.2, -0.15) is 8.42 Å². The van der Waals surface area contributed by atoms with E-state index in [0.29, 0.717) is 5.69 Å². The van der Waals surface area contributed by atoms with E-state index in [1.54, 1.807) is 12.1 Å². The summed E-state index contributed by atoms with van der Waals surface area (Å²) in [5.74, 6) is 0.247. The molecule has 0 aromatic heterocycles. The van der Waals surface area contributed by atoms with Gasteiger partial charge in [0.25, 0.3) is 0 Å². The third-order valence-electron chi connectivity index (χ3n) is 1.81. The molecule has 0 aliphatic carbocycles. The van der Waals surface area contributed by atoms with Crippen molar-refractivity contribution in [1.82, 2.24) is 0 Å². The Morgan fingerprint density at radius 1 is 1.29 bits per heavy atom. The molecule has 0 radical (unpaired) electrons. The molecule has 0 spiro atoms. The lowest BCUT2D eigenvalue weighted by atomic mass is 10.0. The normalized spacial score (nSPS) is 11.7. The Morgan fingerprint density at radius 2 is 1.86 bits per heavy atom. The van der Waals surface area contributed by atoms with E-state index in [-0.39, 0.29) is 5.92 Å². The predicted octanol–water partition coefficient (Wildman–Crippen LogP) is 2.71. The first-order valence-electron chi connectivity index (χ1n) is 4.21. The second-order valence-corrected chi connectivity index (χ2v) is 5.58. The fourth-order valence-corrected chi connectivity index (χ4v) is 1.92. The van der Waals surface area contributed by atoms with Gasteiger partial charge in [-0.1, -0.05) is 32.0 Å². The molecule has 0 fully saturated rings. The van der Waals surface area contributed by atoms with Crippen LogP contribution in [0.25, 0.3) is 0 Å². The number of benzene rings is 1. The maximum Gasteiger partial charge on any atom is 0.319 e. The fraction of sp³-hybridized carbons (Fsp3) is 0.333. The van der Waals surface area contributed by atoms with Gasteiger partial charge in [-0.05, 0) is 17.5 Å². The molecule has 1 aromatic rings. The van der Waals surface area contributed by atoms with Crippen molar-refractivity contribution in [2.75, 3.05) is 4.72 Å². The van der Waals surface area contributed by atoms with Crippen LogP contribution < -0.4 is 4.72 Å². The number of halogens is 1. The van der Waals surface area contributed by atoms with E-state index < -0.39 is 9.24 Å². The number of nitrogens with one attached hydrogen (secondary N) is 1. The zero-order chi connectivity index (χ0) is 10.8. The molecular formula is C9H12ClNO2S. The Balaban J connectivity index is 3.08. The second-order valence-electron chi connectivity index (χ2n) is 3.28. The number of hydrogen-bond donors (Lipinski definition) is 1. The largest absolute Gasteiger partial charge is 0.319 e. The smallest absolute Gasteiger partial charge is 0.271 e. The third-order valence-corrected chi connectivity index (χ3v) is 2.51. The SMILES string of the molecule is CC(C)c1ccccc1NS(=O)(=O)Cl. The lowest BCUT2D eigenvalue weighted by molar-refractivity contribution is 0.614. The Kier molecular flexibility index (Phi) is 3.39. The summed E-state index contributed by atoms with van der Waals surface area (Å²) in [5, 5.41) is 0. The second kappa shape index (κ2) is 4.19. The molecule has 1 aromatic carbocycles. The summed E-state index contributed by atoms with van der Waals surface area (Å²) < 4.78 is 23.9. The van der Waals surface area contributed by atoms with E-state index in [1.807, 2.05) is 26.0 Å². The molecule has 3 nitrogen and oxygen atoms in total. The minimum absolute atomic E-state index is 0.247. The van der Waals surface area contributed by atoms with Crippen molar-refractivity contribution in [3.63, 3.8) is 0 Å². The van der Waals surface area contributed by atoms with Crippen LogP contribution in [0.5, 0.6) is 0 Å². The van der Waals surface area contributed by atoms with Crippen LogP contribution in [0, 0.1) is 0 Å². The van der Waals surface area contributed by atoms with Gasteiger partial charge in [0, 0.05) is 10.7 Å². The molecule has 0 atom stereocenters. The highest BCUT2D eigenvalue weighted by atomic mass is 35.7. The molecule has 0 aliphatic rings. The van der Waals surface area contributed by atoms with E-state index in [4.69, 9.17) is 10.7 Å². The Labute approximate surface area is 88.6 Å². The zero-order valence-corrected chi connectivity index (χ0v) is 9.56. The average molecular weight is 234 g/mol. The minimum Gasteiger partial charge on any atom is -0.271 e. The topological polar surface area (TPSA) is 46.2 Å². The highest BCUT2D eigenvalue weighted by molar-refractivity contribution is 8.14. The standard InChI is InChI=1S/C9H12ClNO2S/c1-7(2)8-5-3-4-6-9(8)11-14(10,12)13/h3-7,11H,1-2H3. The summed E-state index contributed by atoms with van der Waals surface area (Å²) in [4.78, 5) is 0. The molecule has 0 saturated carbocycles. The number of rotatable bonds is 3. The van der Waals surface area contributed by atoms with Gasteiger partial charge in [-0.25, -0.2) is 0 Å². The molecule has 1 N–H and O–H groups in total. The number of hydrogen-bond acceptors (Lipinski definition) is 2. The van der Waals surface area contributed by atoms with Gasteiger partial charge in [0.1, 0.15) is 0 Å². The van der Waals surface area contributed by atoms with Crippen molar-refractivity contribution >= 4 is 25.6 Å². The molecule has 0 amide bonds. The van der Waals surface area contributed by atoms with Crippen molar-refractivity contribution in [3.8, 4) is 0 Å². The summed E-state index contributed by atoms with van der Waals surface area (Å²) >= 11 is 0. The molecule has 5 heteroatoms. The summed E-state index contributed by atoms with van der Waals surface area (Å²) in [6, 6.07) is 7.18. The Bertz CT molecular complexity index is 415. The highest BCUT2D eigenvalue weighted by Crippen LogP contribution is 2.24. The van der Waals surface area contributed by atoms with Crippen molar-refractivity contribution in [1.29, 1.82) is 0 Å². The Morgan fingerprint density at radius 3 is 2.36 bits per heavy atom. The molecular weight excluding hydrogens is 222 g/mol. The molecule has 0 saturated heterocycles. The maximum atomic E-state index is 10.8. The first-order valence-corrected chi connectivity index (χ1v) is 6.52. The summed E-state index contributed by atoms with van der Waals surface area (Å²) in [7, 11) is 1.39. The van der Waals surface area contributed by atoms with Crippen molar-refractivity contribution in [2.45, 2.75) is 19.8 Å². The van der Waals surface area contributed by atoms with Crippen molar-refractivity contribution in [2.24, 2.45) is 0 Å². The van der Waals surface area contributed by atoms with Crippen LogP contribution in [0.1, 0.15) is 25.3 Å². The first kappa shape index (κ1) is 11.3. The van der Waals surface area contributed by atoms with Crippen LogP contribution >= 0.6 is 10.7 Å². The minimum atomic E-state index is -3.71. The van der Waals surface area contributed by atoms with Gasteiger partial charge in [0.2, 0.25) is 0 Å². The summed E-state index contributed by atoms with van der Waals surface area (Å²) in [6.45, 7) is 3.97. The van der Waals surface area contributed by atoms with Crippen LogP contribution in [0.4, 0.5) is 5.69 Å². The quantitative estimate of drug-likeness (QED) is 0.816. The zero-order valence-electron chi connectivity index (χ0n) is 7.99. The predicted molar refractivity (Wildman–Crippen MR) is 58.9 cm³/mol. The van der Waals surface area contributed by atoms with Crippen molar-refractivity contribution in [3.05, 3.63) is 29.8 Å². The fourth-order valence-electron chi connectivity index (χ4n) is 1.22. The van der Waals surface area contributed by atoms with E-state index in [1.165, 1.54) is 0 Å². The molecule has 78 valence electrons. The van der Waals surface area contributed by atoms with Gasteiger partial charge in [-0.15, -0.1) is 0 Å². The first-order chi connectivity index (χ1) is 6.40. The summed E-state index contributed by atoms with van der Waals surface area (Å²) in [5.41, 5.74) is 1.47. The molecule has 14 heavy (non-hydrogen) atoms. The average Bonchev–Trinajstić information content (AvgIpc) is 2.01. The van der Waals surface area contributed by atoms with E-state index in [2.05, 4.69) is 4.72 Å². The van der Waals surface area contributed by atoms with Gasteiger partial charge < -0.3 is 0 Å². The van der Waals surface area contributed by atoms with Crippen LogP contribution in [-0.2, 0) is 9.24 Å². The third kappa shape index (κ3) is 3.20. The van der Waals surface area contributed by atoms with Crippen molar-refractivity contribution < 1.29 is 8.42 Å². The molecule has 0 unspecified atom stereocenters. The van der Waals surface area contributed by atoms with Crippen LogP contribution in [0.2, 0.25) is 0 Å². The van der Waals surface area contributed by atoms with Gasteiger partial charge in [0.05, 0.1) is 5.69 Å². The van der Waals surface area contributed by atoms with E-state index in [0.717, 1.165) is 5.56 Å². The lowest BCUT2D eigenvalue weighted by Gasteiger charge is -2.11. The van der Waals surface area contributed by atoms with Gasteiger partial charge >= 0.3 is 9.24 Å². The van der Waals surface area contributed by atoms with Crippen LogP contribution in [0.3, 0.4) is 0 Å². The molecule has 0 heterocycles. The lowest BCUT2D eigenvalue weighted by Crippen LogP contribution is -2.07.